The minimum absolute atomic E-state index is 0.130. The average Bonchev–Trinajstić information content (AvgIpc) is 2.48. The van der Waals surface area contributed by atoms with E-state index in [4.69, 9.17) is 13.6 Å². The molecule has 1 unspecified atom stereocenters. The second-order valence-electron chi connectivity index (χ2n) is 5.73. The van der Waals surface area contributed by atoms with Crippen LogP contribution in [0.3, 0.4) is 0 Å². The van der Waals surface area contributed by atoms with Gasteiger partial charge >= 0.3 is 0 Å². The van der Waals surface area contributed by atoms with Crippen LogP contribution in [0.25, 0.3) is 0 Å². The molecule has 106 valence electrons. The van der Waals surface area contributed by atoms with Gasteiger partial charge in [-0.05, 0) is 24.5 Å². The summed E-state index contributed by atoms with van der Waals surface area (Å²) < 4.78 is 0. The van der Waals surface area contributed by atoms with Crippen molar-refractivity contribution < 1.29 is 5.11 Å². The van der Waals surface area contributed by atoms with Crippen molar-refractivity contribution in [3.63, 3.8) is 0 Å². The normalized spacial score (nSPS) is 22.0. The summed E-state index contributed by atoms with van der Waals surface area (Å²) in [5.74, 6) is 0.130. The monoisotopic (exact) mass is 278 g/mol. The van der Waals surface area contributed by atoms with Gasteiger partial charge in [-0.25, -0.2) is 0 Å². The number of fused-ring (bicyclic) bond motifs is 1. The molecule has 1 heterocycles. The summed E-state index contributed by atoms with van der Waals surface area (Å²) in [6.07, 6.45) is 0.524. The Bertz CT molecular complexity index is 645. The lowest BCUT2D eigenvalue weighted by Gasteiger charge is -2.40. The summed E-state index contributed by atoms with van der Waals surface area (Å²) in [4.78, 5) is 2.21. The Balaban J connectivity index is 1.95. The Morgan fingerprint density at radius 1 is 1.24 bits per heavy atom. The standard InChI is InChI=1S/C17H19BN2O/c1-11-9-13-7-8-14(18)16(21)15(13)17(19)20(11)10-12-5-3-2-4-6-12/h2-8,11,17,21H,9-10,19H2,1H3/t11?,17-/m0/s1. The van der Waals surface area contributed by atoms with Crippen molar-refractivity contribution >= 4 is 13.3 Å². The maximum atomic E-state index is 10.3. The number of hydrogen-bond acceptors (Lipinski definition) is 3. The Hall–Kier alpha value is -1.78. The Kier molecular flexibility index (Phi) is 3.74. The number of hydrogen-bond donors (Lipinski definition) is 2. The van der Waals surface area contributed by atoms with Crippen LogP contribution >= 0.6 is 0 Å². The van der Waals surface area contributed by atoms with Crippen molar-refractivity contribution in [1.82, 2.24) is 4.90 Å². The van der Waals surface area contributed by atoms with E-state index in [1.54, 1.807) is 6.07 Å². The fourth-order valence-electron chi connectivity index (χ4n) is 3.10. The second-order valence-corrected chi connectivity index (χ2v) is 5.73. The van der Waals surface area contributed by atoms with E-state index < -0.39 is 0 Å². The van der Waals surface area contributed by atoms with Crippen LogP contribution in [0.15, 0.2) is 42.5 Å². The van der Waals surface area contributed by atoms with Gasteiger partial charge in [0.05, 0.1) is 6.17 Å². The number of rotatable bonds is 2. The first-order valence-corrected chi connectivity index (χ1v) is 7.23. The lowest BCUT2D eigenvalue weighted by Crippen LogP contribution is -2.45. The Labute approximate surface area is 126 Å². The zero-order chi connectivity index (χ0) is 15.0. The minimum Gasteiger partial charge on any atom is -0.508 e. The van der Waals surface area contributed by atoms with Crippen molar-refractivity contribution in [3.05, 3.63) is 59.2 Å². The van der Waals surface area contributed by atoms with Crippen LogP contribution in [0.4, 0.5) is 0 Å². The summed E-state index contributed by atoms with van der Waals surface area (Å²) in [6.45, 7) is 2.93. The first-order chi connectivity index (χ1) is 10.1. The van der Waals surface area contributed by atoms with E-state index in [0.29, 0.717) is 11.5 Å². The first kappa shape index (κ1) is 14.2. The van der Waals surface area contributed by atoms with Gasteiger partial charge < -0.3 is 10.8 Å². The van der Waals surface area contributed by atoms with Gasteiger partial charge in [-0.3, -0.25) is 4.90 Å². The molecule has 0 bridgehead atoms. The van der Waals surface area contributed by atoms with Gasteiger partial charge in [0.15, 0.2) is 0 Å². The van der Waals surface area contributed by atoms with E-state index in [2.05, 4.69) is 24.0 Å². The molecule has 4 heteroatoms. The summed E-state index contributed by atoms with van der Waals surface area (Å²) in [5, 5.41) is 10.3. The minimum atomic E-state index is -0.340. The van der Waals surface area contributed by atoms with Crippen molar-refractivity contribution in [1.29, 1.82) is 0 Å². The molecule has 1 aliphatic heterocycles. The third kappa shape index (κ3) is 2.57. The molecule has 0 saturated heterocycles. The molecule has 2 radical (unpaired) electrons. The number of phenolic OH excluding ortho intramolecular Hbond substituents is 1. The molecule has 2 aromatic carbocycles. The highest BCUT2D eigenvalue weighted by atomic mass is 16.3. The smallest absolute Gasteiger partial charge is 0.119 e. The van der Waals surface area contributed by atoms with Crippen LogP contribution in [0.2, 0.25) is 0 Å². The van der Waals surface area contributed by atoms with Crippen molar-refractivity contribution in [3.8, 4) is 5.75 Å². The topological polar surface area (TPSA) is 49.5 Å². The van der Waals surface area contributed by atoms with Crippen LogP contribution < -0.4 is 11.2 Å². The molecule has 3 N–H and O–H groups in total. The number of phenols is 1. The Morgan fingerprint density at radius 2 is 1.95 bits per heavy atom. The van der Waals surface area contributed by atoms with E-state index in [9.17, 15) is 5.11 Å². The molecule has 3 nitrogen and oxygen atoms in total. The number of benzene rings is 2. The second kappa shape index (κ2) is 5.55. The molecule has 0 amide bonds. The van der Waals surface area contributed by atoms with Gasteiger partial charge in [-0.15, -0.1) is 0 Å². The summed E-state index contributed by atoms with van der Waals surface area (Å²) in [5.41, 5.74) is 9.87. The van der Waals surface area contributed by atoms with Crippen molar-refractivity contribution in [2.45, 2.75) is 32.1 Å². The predicted molar refractivity (Wildman–Crippen MR) is 85.6 cm³/mol. The maximum absolute atomic E-state index is 10.3. The van der Waals surface area contributed by atoms with Gasteiger partial charge in [0.1, 0.15) is 13.6 Å². The van der Waals surface area contributed by atoms with Gasteiger partial charge in [-0.1, -0.05) is 47.9 Å². The molecule has 0 spiro atoms. The number of nitrogens with zero attached hydrogens (tertiary/aromatic N) is 1. The molecular weight excluding hydrogens is 259 g/mol. The summed E-state index contributed by atoms with van der Waals surface area (Å²) in [6, 6.07) is 14.3. The third-order valence-corrected chi connectivity index (χ3v) is 4.28. The summed E-state index contributed by atoms with van der Waals surface area (Å²) >= 11 is 0. The highest BCUT2D eigenvalue weighted by Crippen LogP contribution is 2.35. The highest BCUT2D eigenvalue weighted by Gasteiger charge is 2.32. The van der Waals surface area contributed by atoms with Gasteiger partial charge in [-0.2, -0.15) is 0 Å². The van der Waals surface area contributed by atoms with Crippen LogP contribution in [0, 0.1) is 0 Å². The molecule has 3 rings (SSSR count). The largest absolute Gasteiger partial charge is 0.508 e. The molecule has 2 aromatic rings. The third-order valence-electron chi connectivity index (χ3n) is 4.28. The molecule has 0 saturated carbocycles. The highest BCUT2D eigenvalue weighted by molar-refractivity contribution is 6.34. The van der Waals surface area contributed by atoms with Crippen molar-refractivity contribution in [2.75, 3.05) is 0 Å². The molecule has 0 fully saturated rings. The SMILES string of the molecule is [B]c1ccc2c(c1O)[C@@H](N)N(Cc1ccccc1)C(C)C2. The van der Waals surface area contributed by atoms with E-state index in [1.165, 1.54) is 5.56 Å². The predicted octanol–water partition coefficient (Wildman–Crippen LogP) is 1.59. The molecule has 2 atom stereocenters. The first-order valence-electron chi connectivity index (χ1n) is 7.23. The van der Waals surface area contributed by atoms with E-state index in [1.807, 2.05) is 24.3 Å². The van der Waals surface area contributed by atoms with Crippen molar-refractivity contribution in [2.24, 2.45) is 5.73 Å². The van der Waals surface area contributed by atoms with Gasteiger partial charge in [0.2, 0.25) is 0 Å². The van der Waals surface area contributed by atoms with E-state index >= 15 is 0 Å². The number of nitrogens with two attached hydrogens (primary N) is 1. The van der Waals surface area contributed by atoms with Gasteiger partial charge in [0, 0.05) is 18.2 Å². The zero-order valence-corrected chi connectivity index (χ0v) is 12.2. The fourth-order valence-corrected chi connectivity index (χ4v) is 3.10. The summed E-state index contributed by atoms with van der Waals surface area (Å²) in [7, 11) is 5.81. The zero-order valence-electron chi connectivity index (χ0n) is 12.2. The Morgan fingerprint density at radius 3 is 2.67 bits per heavy atom. The molecule has 1 aliphatic rings. The van der Waals surface area contributed by atoms with Crippen LogP contribution in [-0.2, 0) is 13.0 Å². The molecule has 0 aliphatic carbocycles. The lowest BCUT2D eigenvalue weighted by atomic mass is 9.84. The van der Waals surface area contributed by atoms with E-state index in [0.717, 1.165) is 24.1 Å². The van der Waals surface area contributed by atoms with Gasteiger partial charge in [0.25, 0.3) is 0 Å². The van der Waals surface area contributed by atoms with Crippen LogP contribution in [-0.4, -0.2) is 23.9 Å². The molecule has 21 heavy (non-hydrogen) atoms. The lowest BCUT2D eigenvalue weighted by molar-refractivity contribution is 0.119. The molecular formula is C17H19BN2O. The fraction of sp³-hybridized carbons (Fsp3) is 0.294. The molecule has 0 aromatic heterocycles. The number of aromatic hydroxyl groups is 1. The van der Waals surface area contributed by atoms with Crippen LogP contribution in [0.1, 0.15) is 29.8 Å². The van der Waals surface area contributed by atoms with E-state index in [-0.39, 0.29) is 11.9 Å². The average molecular weight is 278 g/mol. The maximum Gasteiger partial charge on any atom is 0.119 e. The van der Waals surface area contributed by atoms with Crippen LogP contribution in [0.5, 0.6) is 5.75 Å². The quantitative estimate of drug-likeness (QED) is 0.820.